The quantitative estimate of drug-likeness (QED) is 0.0523. The molecule has 0 unspecified atom stereocenters. The molecule has 0 saturated heterocycles. The molecule has 0 aromatic heterocycles. The van der Waals surface area contributed by atoms with Crippen molar-refractivity contribution in [3.63, 3.8) is 0 Å². The maximum Gasteiger partial charge on any atom is 0.522 e. The lowest BCUT2D eigenvalue weighted by atomic mass is 10.0. The molecule has 0 fully saturated rings. The number of rotatable bonds is 24. The lowest BCUT2D eigenvalue weighted by molar-refractivity contribution is -0.0510. The van der Waals surface area contributed by atoms with Crippen LogP contribution in [0.15, 0.2) is 48.5 Å². The molecule has 258 valence electrons. The molecule has 0 spiro atoms. The van der Waals surface area contributed by atoms with E-state index in [9.17, 15) is 13.2 Å². The predicted molar refractivity (Wildman–Crippen MR) is 189 cm³/mol. The average Bonchev–Trinajstić information content (AvgIpc) is 3.00. The van der Waals surface area contributed by atoms with Crippen LogP contribution in [0.5, 0.6) is 0 Å². The molecule has 3 nitrogen and oxygen atoms in total. The van der Waals surface area contributed by atoms with Gasteiger partial charge in [-0.15, -0.1) is 0 Å². The first-order valence-corrected chi connectivity index (χ1v) is 20.0. The summed E-state index contributed by atoms with van der Waals surface area (Å²) in [6.45, 7) is 4.60. The van der Waals surface area contributed by atoms with Crippen LogP contribution < -0.4 is 10.6 Å². The Balaban J connectivity index is 0.00000111. The second-order valence-corrected chi connectivity index (χ2v) is 15.0. The van der Waals surface area contributed by atoms with Gasteiger partial charge in [0.25, 0.3) is 0 Å². The minimum absolute atomic E-state index is 0.798. The van der Waals surface area contributed by atoms with Gasteiger partial charge in [0.1, 0.15) is 0 Å². The molecule has 8 heteroatoms. The Bertz CT molecular complexity index is 1040. The van der Waals surface area contributed by atoms with Crippen molar-refractivity contribution in [3.8, 4) is 0 Å². The number of alkyl halides is 3. The zero-order valence-electron chi connectivity index (χ0n) is 28.0. The molecule has 1 N–H and O–H groups in total. The molecule has 2 rings (SSSR count). The van der Waals surface area contributed by atoms with Crippen molar-refractivity contribution >= 4 is 29.3 Å². The van der Waals surface area contributed by atoms with Gasteiger partial charge in [0.15, 0.2) is 0 Å². The van der Waals surface area contributed by atoms with Crippen molar-refractivity contribution in [2.24, 2.45) is 0 Å². The molecule has 0 atom stereocenters. The summed E-state index contributed by atoms with van der Waals surface area (Å²) in [4.78, 5) is 0. The number of aryl methyl sites for hydroxylation is 2. The zero-order valence-corrected chi connectivity index (χ0v) is 29.8. The summed E-state index contributed by atoms with van der Waals surface area (Å²) in [5.41, 5.74) is -2.35. The van der Waals surface area contributed by atoms with E-state index >= 15 is 0 Å². The zero-order chi connectivity index (χ0) is 33.2. The van der Waals surface area contributed by atoms with E-state index in [1.54, 1.807) is 21.7 Å². The van der Waals surface area contributed by atoms with Gasteiger partial charge < -0.3 is 0 Å². The highest BCUT2D eigenvalue weighted by atomic mass is 32.2. The minimum Gasteiger partial charge on any atom is -0.279 e. The van der Waals surface area contributed by atoms with Gasteiger partial charge in [-0.1, -0.05) is 187 Å². The minimum atomic E-state index is -5.84. The number of hydrogen-bond acceptors (Lipinski definition) is 2. The average molecular weight is 673 g/mol. The summed E-state index contributed by atoms with van der Waals surface area (Å²) in [6, 6.07) is 18.5. The van der Waals surface area contributed by atoms with Gasteiger partial charge in [-0.25, -0.2) is 0 Å². The van der Waals surface area contributed by atoms with Crippen LogP contribution in [0, 0.1) is 0 Å². The molecule has 0 aliphatic heterocycles. The Morgan fingerprint density at radius 3 is 1.09 bits per heavy atom. The van der Waals surface area contributed by atoms with Crippen LogP contribution in [0.2, 0.25) is 0 Å². The topological polar surface area (TPSA) is 54.4 Å². The van der Waals surface area contributed by atoms with Crippen LogP contribution in [0.3, 0.4) is 0 Å². The highest BCUT2D eigenvalue weighted by Crippen LogP contribution is 2.21. The molecule has 2 aromatic rings. The van der Waals surface area contributed by atoms with Crippen LogP contribution in [0.4, 0.5) is 13.2 Å². The van der Waals surface area contributed by atoms with Crippen LogP contribution in [-0.2, 0) is 23.0 Å². The van der Waals surface area contributed by atoms with Crippen molar-refractivity contribution in [2.45, 2.75) is 161 Å². The van der Waals surface area contributed by atoms with Crippen molar-refractivity contribution in [1.82, 2.24) is 0 Å². The molecule has 0 bridgehead atoms. The van der Waals surface area contributed by atoms with E-state index in [1.165, 1.54) is 141 Å². The monoisotopic (exact) mass is 672 g/mol. The van der Waals surface area contributed by atoms with Gasteiger partial charge in [-0.05, 0) is 47.4 Å². The van der Waals surface area contributed by atoms with E-state index in [1.807, 2.05) is 0 Å². The van der Waals surface area contributed by atoms with Crippen LogP contribution in [-0.4, -0.2) is 18.5 Å². The standard InChI is InChI=1S/C36H59P.CHF3O3S/c1-3-5-7-9-11-13-15-17-19-21-27-33-29-23-25-31-35(33)37-36-32-26-24-30-34(36)28-22-20-18-16-14-12-10-8-6-4-2;2-1(3,4)8(5,6)7/h23-26,29-32,37H,3-22,27-28H2,1-2H3;(H,5,6,7). The third-order valence-electron chi connectivity index (χ3n) is 8.20. The third kappa shape index (κ3) is 21.1. The summed E-state index contributed by atoms with van der Waals surface area (Å²) in [7, 11) is -5.04. The SMILES string of the molecule is CCCCCCCCCCCCc1ccccc1Pc1ccccc1CCCCCCCCCCCC.O=S(=O)(O)C(F)(F)F. The summed E-state index contributed by atoms with van der Waals surface area (Å²) in [6.07, 6.45) is 30.8. The number of halogens is 3. The number of benzene rings is 2. The maximum atomic E-state index is 10.7. The fraction of sp³-hybridized carbons (Fsp3) is 0.676. The molecule has 0 radical (unpaired) electrons. The summed E-state index contributed by atoms with van der Waals surface area (Å²) < 4.78 is 57.5. The molecule has 0 saturated carbocycles. The van der Waals surface area contributed by atoms with Gasteiger partial charge in [0.2, 0.25) is 0 Å². The largest absolute Gasteiger partial charge is 0.522 e. The van der Waals surface area contributed by atoms with E-state index in [0.29, 0.717) is 0 Å². The van der Waals surface area contributed by atoms with Crippen LogP contribution in [0.25, 0.3) is 0 Å². The molecule has 0 aliphatic rings. The van der Waals surface area contributed by atoms with E-state index in [4.69, 9.17) is 13.0 Å². The molecular formula is C37H60F3O3PS. The van der Waals surface area contributed by atoms with Gasteiger partial charge in [0.05, 0.1) is 0 Å². The summed E-state index contributed by atoms with van der Waals surface area (Å²) >= 11 is 0. The third-order valence-corrected chi connectivity index (χ3v) is 10.3. The second kappa shape index (κ2) is 25.6. The lowest BCUT2D eigenvalue weighted by Crippen LogP contribution is -2.21. The van der Waals surface area contributed by atoms with E-state index < -0.39 is 15.6 Å². The molecule has 45 heavy (non-hydrogen) atoms. The second-order valence-electron chi connectivity index (χ2n) is 12.2. The van der Waals surface area contributed by atoms with Crippen molar-refractivity contribution in [2.75, 3.05) is 0 Å². The Kier molecular flexibility index (Phi) is 23.7. The highest BCUT2D eigenvalue weighted by molar-refractivity contribution is 7.86. The maximum absolute atomic E-state index is 10.7. The van der Waals surface area contributed by atoms with Gasteiger partial charge in [0, 0.05) is 0 Å². The molecule has 0 heterocycles. The fourth-order valence-electron chi connectivity index (χ4n) is 5.47. The Morgan fingerprint density at radius 2 is 0.800 bits per heavy atom. The van der Waals surface area contributed by atoms with Crippen molar-refractivity contribution < 1.29 is 26.1 Å². The van der Waals surface area contributed by atoms with Gasteiger partial charge in [-0.3, -0.25) is 4.55 Å². The van der Waals surface area contributed by atoms with E-state index in [0.717, 1.165) is 8.58 Å². The molecule has 0 amide bonds. The Hall–Kier alpha value is -1.43. The predicted octanol–water partition coefficient (Wildman–Crippen LogP) is 11.6. The smallest absolute Gasteiger partial charge is 0.279 e. The highest BCUT2D eigenvalue weighted by Gasteiger charge is 2.44. The Morgan fingerprint density at radius 1 is 0.533 bits per heavy atom. The summed E-state index contributed by atoms with van der Waals surface area (Å²) in [5, 5.41) is 3.16. The Labute approximate surface area is 275 Å². The fourth-order valence-corrected chi connectivity index (χ4v) is 6.86. The van der Waals surface area contributed by atoms with Crippen LogP contribution in [0.1, 0.15) is 153 Å². The number of unbranched alkanes of at least 4 members (excludes halogenated alkanes) is 18. The normalized spacial score (nSPS) is 11.8. The molecule has 2 aromatic carbocycles. The molecular weight excluding hydrogens is 612 g/mol. The van der Waals surface area contributed by atoms with E-state index in [-0.39, 0.29) is 0 Å². The lowest BCUT2D eigenvalue weighted by Gasteiger charge is -2.13. The van der Waals surface area contributed by atoms with Gasteiger partial charge >= 0.3 is 15.6 Å². The van der Waals surface area contributed by atoms with Crippen LogP contribution >= 0.6 is 8.58 Å². The molecule has 0 aliphatic carbocycles. The van der Waals surface area contributed by atoms with Gasteiger partial charge in [-0.2, -0.15) is 21.6 Å². The van der Waals surface area contributed by atoms with E-state index in [2.05, 4.69) is 62.4 Å². The first-order chi connectivity index (χ1) is 21.6. The van der Waals surface area contributed by atoms with Crippen molar-refractivity contribution in [3.05, 3.63) is 59.7 Å². The summed E-state index contributed by atoms with van der Waals surface area (Å²) in [5.74, 6) is 0. The first-order valence-electron chi connectivity index (χ1n) is 17.6. The van der Waals surface area contributed by atoms with Crippen molar-refractivity contribution in [1.29, 1.82) is 0 Å². The number of hydrogen-bond donors (Lipinski definition) is 1. The first kappa shape index (κ1) is 41.6.